The van der Waals surface area contributed by atoms with Gasteiger partial charge in [0, 0.05) is 37.6 Å². The number of phenols is 1. The molecule has 6 rings (SSSR count). The van der Waals surface area contributed by atoms with Crippen molar-refractivity contribution >= 4 is 17.1 Å². The van der Waals surface area contributed by atoms with E-state index in [0.717, 1.165) is 18.7 Å². The molecule has 1 saturated heterocycles. The van der Waals surface area contributed by atoms with Crippen molar-refractivity contribution in [2.75, 3.05) is 20.2 Å². The average Bonchev–Trinajstić information content (AvgIpc) is 3.58. The summed E-state index contributed by atoms with van der Waals surface area (Å²) in [5.41, 5.74) is 4.31. The van der Waals surface area contributed by atoms with Crippen LogP contribution in [0.2, 0.25) is 0 Å². The van der Waals surface area contributed by atoms with Gasteiger partial charge < -0.3 is 9.84 Å². The lowest BCUT2D eigenvalue weighted by Crippen LogP contribution is -2.29. The summed E-state index contributed by atoms with van der Waals surface area (Å²) in [4.78, 5) is 41.5. The lowest BCUT2D eigenvalue weighted by atomic mass is 10.1. The van der Waals surface area contributed by atoms with Crippen LogP contribution in [0.4, 0.5) is 0 Å². The van der Waals surface area contributed by atoms with Crippen molar-refractivity contribution in [3.05, 3.63) is 100 Å². The third kappa shape index (κ3) is 4.81. The number of ether oxygens (including phenoxy) is 1. The molecule has 11 nitrogen and oxygen atoms in total. The number of nitriles is 1. The molecule has 0 saturated carbocycles. The van der Waals surface area contributed by atoms with Crippen LogP contribution in [-0.4, -0.2) is 60.3 Å². The summed E-state index contributed by atoms with van der Waals surface area (Å²) in [5, 5.41) is 19.1. The molecule has 0 spiro atoms. The first-order chi connectivity index (χ1) is 20.0. The first-order valence-electron chi connectivity index (χ1n) is 13.0. The van der Waals surface area contributed by atoms with Gasteiger partial charge in [0.15, 0.2) is 5.65 Å². The van der Waals surface area contributed by atoms with Gasteiger partial charge in [0.2, 0.25) is 0 Å². The number of carbonyl (C=O) groups excluding carboxylic acids is 1. The minimum absolute atomic E-state index is 0.0869. The van der Waals surface area contributed by atoms with Crippen LogP contribution in [0.15, 0.2) is 78.0 Å². The standard InChI is InChI=1S/C30H25N7O4/c1-41-29(39)20-8-11-32-22(14-20)17-35-12-9-24(18-35)37-28-26(3-2-10-33-28)36(30(37)40)23-5-6-25(34-16-23)19-4-7-27(38)21(13-19)15-31/h2-8,10-11,13-14,16,24,38H,9,12,17-18H2,1H3. The summed E-state index contributed by atoms with van der Waals surface area (Å²) in [7, 11) is 1.35. The molecule has 1 unspecified atom stereocenters. The normalized spacial score (nSPS) is 15.2. The van der Waals surface area contributed by atoms with E-state index in [1.54, 1.807) is 70.2 Å². The highest BCUT2D eigenvalue weighted by Gasteiger charge is 2.29. The summed E-state index contributed by atoms with van der Waals surface area (Å²) in [6.07, 6.45) is 5.65. The highest BCUT2D eigenvalue weighted by molar-refractivity contribution is 5.89. The second-order valence-electron chi connectivity index (χ2n) is 9.78. The van der Waals surface area contributed by atoms with Gasteiger partial charge in [-0.15, -0.1) is 0 Å². The molecule has 0 aliphatic carbocycles. The number of rotatable bonds is 6. The molecule has 5 aromatic rings. The smallest absolute Gasteiger partial charge is 0.337 e. The second-order valence-corrected chi connectivity index (χ2v) is 9.78. The molecule has 1 N–H and O–H groups in total. The predicted molar refractivity (Wildman–Crippen MR) is 149 cm³/mol. The van der Waals surface area contributed by atoms with Crippen molar-refractivity contribution in [3.63, 3.8) is 0 Å². The first kappa shape index (κ1) is 25.9. The topological polar surface area (TPSA) is 139 Å². The van der Waals surface area contributed by atoms with E-state index in [2.05, 4.69) is 19.9 Å². The molecular weight excluding hydrogens is 522 g/mol. The zero-order valence-electron chi connectivity index (χ0n) is 22.1. The third-order valence-corrected chi connectivity index (χ3v) is 7.29. The summed E-state index contributed by atoms with van der Waals surface area (Å²) in [5.74, 6) is -0.493. The van der Waals surface area contributed by atoms with E-state index in [1.165, 1.54) is 13.2 Å². The fraction of sp³-hybridized carbons (Fsp3) is 0.200. The maximum Gasteiger partial charge on any atom is 0.337 e. The molecule has 1 aromatic carbocycles. The minimum Gasteiger partial charge on any atom is -0.507 e. The number of pyridine rings is 3. The Bertz CT molecular complexity index is 1870. The predicted octanol–water partition coefficient (Wildman–Crippen LogP) is 3.46. The Labute approximate surface area is 234 Å². The number of benzene rings is 1. The number of aromatic hydroxyl groups is 1. The number of carbonyl (C=O) groups is 1. The van der Waals surface area contributed by atoms with Crippen LogP contribution < -0.4 is 5.69 Å². The average molecular weight is 548 g/mol. The van der Waals surface area contributed by atoms with E-state index in [4.69, 9.17) is 4.74 Å². The van der Waals surface area contributed by atoms with Gasteiger partial charge in [0.25, 0.3) is 0 Å². The van der Waals surface area contributed by atoms with Crippen LogP contribution in [0.3, 0.4) is 0 Å². The Morgan fingerprint density at radius 1 is 1.12 bits per heavy atom. The fourth-order valence-electron chi connectivity index (χ4n) is 5.31. The summed E-state index contributed by atoms with van der Waals surface area (Å²) < 4.78 is 8.18. The molecular formula is C30H25N7O4. The molecule has 204 valence electrons. The largest absolute Gasteiger partial charge is 0.507 e. The van der Waals surface area contributed by atoms with E-state index in [-0.39, 0.29) is 23.0 Å². The van der Waals surface area contributed by atoms with Crippen LogP contribution in [-0.2, 0) is 11.3 Å². The summed E-state index contributed by atoms with van der Waals surface area (Å²) in [6, 6.07) is 17.2. The highest BCUT2D eigenvalue weighted by Crippen LogP contribution is 2.28. The minimum atomic E-state index is -0.407. The van der Waals surface area contributed by atoms with Crippen molar-refractivity contribution in [1.82, 2.24) is 29.0 Å². The van der Waals surface area contributed by atoms with Gasteiger partial charge in [0.05, 0.1) is 53.1 Å². The molecule has 1 atom stereocenters. The number of esters is 1. The second kappa shape index (κ2) is 10.7. The molecule has 1 aliphatic heterocycles. The highest BCUT2D eigenvalue weighted by atomic mass is 16.5. The number of hydrogen-bond acceptors (Lipinski definition) is 9. The molecule has 4 aromatic heterocycles. The van der Waals surface area contributed by atoms with Gasteiger partial charge in [-0.2, -0.15) is 5.26 Å². The molecule has 0 bridgehead atoms. The monoisotopic (exact) mass is 547 g/mol. The lowest BCUT2D eigenvalue weighted by Gasteiger charge is -2.16. The van der Waals surface area contributed by atoms with Crippen LogP contribution in [0.5, 0.6) is 5.75 Å². The maximum atomic E-state index is 13.9. The lowest BCUT2D eigenvalue weighted by molar-refractivity contribution is 0.0600. The molecule has 1 fully saturated rings. The van der Waals surface area contributed by atoms with Crippen LogP contribution in [0.1, 0.15) is 34.1 Å². The van der Waals surface area contributed by atoms with Crippen molar-refractivity contribution < 1.29 is 14.6 Å². The van der Waals surface area contributed by atoms with Crippen LogP contribution in [0, 0.1) is 11.3 Å². The quantitative estimate of drug-likeness (QED) is 0.317. The Kier molecular flexibility index (Phi) is 6.74. The molecule has 1 aliphatic rings. The molecule has 41 heavy (non-hydrogen) atoms. The Hall–Kier alpha value is -5.34. The molecule has 11 heteroatoms. The number of aromatic nitrogens is 5. The number of likely N-dealkylation sites (tertiary alicyclic amines) is 1. The summed E-state index contributed by atoms with van der Waals surface area (Å²) in [6.45, 7) is 1.92. The fourth-order valence-corrected chi connectivity index (χ4v) is 5.31. The first-order valence-corrected chi connectivity index (χ1v) is 13.0. The van der Waals surface area contributed by atoms with Gasteiger partial charge in [0.1, 0.15) is 11.8 Å². The van der Waals surface area contributed by atoms with E-state index in [1.807, 2.05) is 12.1 Å². The van der Waals surface area contributed by atoms with Gasteiger partial charge in [-0.3, -0.25) is 24.0 Å². The number of fused-ring (bicyclic) bond motifs is 1. The van der Waals surface area contributed by atoms with Gasteiger partial charge in [-0.1, -0.05) is 0 Å². The molecule has 0 radical (unpaired) electrons. The maximum absolute atomic E-state index is 13.9. The number of methoxy groups -OCH3 is 1. The van der Waals surface area contributed by atoms with E-state index in [9.17, 15) is 20.0 Å². The Balaban J connectivity index is 1.29. The van der Waals surface area contributed by atoms with Crippen molar-refractivity contribution in [2.24, 2.45) is 0 Å². The number of phenolic OH excluding ortho intramolecular Hbond substituents is 1. The zero-order chi connectivity index (χ0) is 28.5. The van der Waals surface area contributed by atoms with Crippen molar-refractivity contribution in [1.29, 1.82) is 5.26 Å². The number of hydrogen-bond donors (Lipinski definition) is 1. The van der Waals surface area contributed by atoms with Gasteiger partial charge in [-0.25, -0.2) is 14.6 Å². The van der Waals surface area contributed by atoms with E-state index in [0.29, 0.717) is 46.8 Å². The van der Waals surface area contributed by atoms with E-state index >= 15 is 0 Å². The van der Waals surface area contributed by atoms with Crippen LogP contribution in [0.25, 0.3) is 28.1 Å². The van der Waals surface area contributed by atoms with Crippen LogP contribution >= 0.6 is 0 Å². The Morgan fingerprint density at radius 2 is 2.00 bits per heavy atom. The van der Waals surface area contributed by atoms with Crippen molar-refractivity contribution in [2.45, 2.75) is 19.0 Å². The van der Waals surface area contributed by atoms with Gasteiger partial charge >= 0.3 is 11.7 Å². The van der Waals surface area contributed by atoms with Gasteiger partial charge in [-0.05, 0) is 61.0 Å². The molecule has 5 heterocycles. The number of nitrogens with zero attached hydrogens (tertiary/aromatic N) is 7. The van der Waals surface area contributed by atoms with E-state index < -0.39 is 5.97 Å². The Morgan fingerprint density at radius 3 is 2.78 bits per heavy atom. The SMILES string of the molecule is COC(=O)c1ccnc(CN2CCC(n3c(=O)n(-c4ccc(-c5ccc(O)c(C#N)c5)nc4)c4cccnc43)C2)c1. The van der Waals surface area contributed by atoms with Crippen molar-refractivity contribution in [3.8, 4) is 28.8 Å². The number of imidazole rings is 1. The third-order valence-electron chi connectivity index (χ3n) is 7.29. The summed E-state index contributed by atoms with van der Waals surface area (Å²) >= 11 is 0. The molecule has 0 amide bonds. The zero-order valence-corrected chi connectivity index (χ0v) is 22.1.